The molecule has 0 radical (unpaired) electrons. The van der Waals surface area contributed by atoms with Crippen molar-refractivity contribution in [3.05, 3.63) is 22.2 Å². The van der Waals surface area contributed by atoms with Gasteiger partial charge in [0.15, 0.2) is 0 Å². The first-order valence-electron chi connectivity index (χ1n) is 6.18. The van der Waals surface area contributed by atoms with Crippen molar-refractivity contribution >= 4 is 0 Å². The van der Waals surface area contributed by atoms with E-state index in [0.717, 1.165) is 13.0 Å². The first-order valence-corrected chi connectivity index (χ1v) is 6.18. The van der Waals surface area contributed by atoms with Gasteiger partial charge in [-0.15, -0.1) is 0 Å². The molecule has 2 rings (SSSR count). The molecule has 0 aliphatic carbocycles. The van der Waals surface area contributed by atoms with E-state index in [9.17, 15) is 4.79 Å². The molecule has 94 valence electrons. The second-order valence-electron chi connectivity index (χ2n) is 4.45. The monoisotopic (exact) mass is 237 g/mol. The molecule has 1 unspecified atom stereocenters. The van der Waals surface area contributed by atoms with Crippen LogP contribution in [0.1, 0.15) is 31.5 Å². The molecular formula is C12H19N3O2. The summed E-state index contributed by atoms with van der Waals surface area (Å²) in [7, 11) is 0. The summed E-state index contributed by atoms with van der Waals surface area (Å²) in [5, 5.41) is 3.46. The average molecular weight is 237 g/mol. The molecule has 5 heteroatoms. The number of rotatable bonds is 4. The highest BCUT2D eigenvalue weighted by Gasteiger charge is 2.12. The molecule has 1 aromatic heterocycles. The molecule has 1 aliphatic heterocycles. The van der Waals surface area contributed by atoms with Gasteiger partial charge in [0.2, 0.25) is 5.88 Å². The van der Waals surface area contributed by atoms with Crippen LogP contribution >= 0.6 is 0 Å². The fourth-order valence-corrected chi connectivity index (χ4v) is 2.10. The van der Waals surface area contributed by atoms with Gasteiger partial charge in [0.05, 0.1) is 12.7 Å². The van der Waals surface area contributed by atoms with Crippen LogP contribution in [0.2, 0.25) is 0 Å². The third kappa shape index (κ3) is 3.85. The Kier molecular flexibility index (Phi) is 4.14. The smallest absolute Gasteiger partial charge is 0.254 e. The van der Waals surface area contributed by atoms with E-state index in [4.69, 9.17) is 4.74 Å². The SMILES string of the molecule is Cc1nc(OCCC2CCCCN2)cc(=O)[nH]1. The van der Waals surface area contributed by atoms with Crippen molar-refractivity contribution in [1.29, 1.82) is 0 Å². The molecule has 2 N–H and O–H groups in total. The molecule has 0 bridgehead atoms. The number of hydrogen-bond acceptors (Lipinski definition) is 4. The Morgan fingerprint density at radius 1 is 1.53 bits per heavy atom. The maximum atomic E-state index is 11.2. The molecule has 17 heavy (non-hydrogen) atoms. The first-order chi connectivity index (χ1) is 8.24. The van der Waals surface area contributed by atoms with Gasteiger partial charge in [-0.3, -0.25) is 4.79 Å². The summed E-state index contributed by atoms with van der Waals surface area (Å²) in [5.41, 5.74) is -0.164. The van der Waals surface area contributed by atoms with Crippen molar-refractivity contribution in [3.63, 3.8) is 0 Å². The van der Waals surface area contributed by atoms with Gasteiger partial charge in [0, 0.05) is 6.04 Å². The third-order valence-corrected chi connectivity index (χ3v) is 2.97. The van der Waals surface area contributed by atoms with Crippen LogP contribution in [0.4, 0.5) is 0 Å². The lowest BCUT2D eigenvalue weighted by molar-refractivity contribution is 0.259. The molecule has 0 aromatic carbocycles. The second-order valence-corrected chi connectivity index (χ2v) is 4.45. The van der Waals surface area contributed by atoms with E-state index in [0.29, 0.717) is 24.4 Å². The number of aromatic nitrogens is 2. The molecule has 0 saturated carbocycles. The minimum absolute atomic E-state index is 0.164. The minimum Gasteiger partial charge on any atom is -0.477 e. The summed E-state index contributed by atoms with van der Waals surface area (Å²) in [5.74, 6) is 1.00. The zero-order valence-corrected chi connectivity index (χ0v) is 10.2. The predicted octanol–water partition coefficient (Wildman–Crippen LogP) is 0.989. The van der Waals surface area contributed by atoms with Gasteiger partial charge in [-0.05, 0) is 32.7 Å². The van der Waals surface area contributed by atoms with E-state index >= 15 is 0 Å². The zero-order chi connectivity index (χ0) is 12.1. The van der Waals surface area contributed by atoms with Gasteiger partial charge in [0.1, 0.15) is 5.82 Å². The topological polar surface area (TPSA) is 67.0 Å². The van der Waals surface area contributed by atoms with Gasteiger partial charge >= 0.3 is 0 Å². The summed E-state index contributed by atoms with van der Waals surface area (Å²) in [6.07, 6.45) is 4.74. The number of aryl methyl sites for hydroxylation is 1. The third-order valence-electron chi connectivity index (χ3n) is 2.97. The van der Waals surface area contributed by atoms with Crippen LogP contribution in [-0.2, 0) is 0 Å². The molecule has 1 aliphatic rings. The van der Waals surface area contributed by atoms with Crippen LogP contribution in [0.3, 0.4) is 0 Å². The van der Waals surface area contributed by atoms with Crippen molar-refractivity contribution in [3.8, 4) is 5.88 Å². The Balaban J connectivity index is 1.79. The number of aromatic amines is 1. The molecule has 0 spiro atoms. The van der Waals surface area contributed by atoms with E-state index < -0.39 is 0 Å². The summed E-state index contributed by atoms with van der Waals surface area (Å²) in [6, 6.07) is 1.94. The fraction of sp³-hybridized carbons (Fsp3) is 0.667. The van der Waals surface area contributed by atoms with Crippen LogP contribution in [0.5, 0.6) is 5.88 Å². The van der Waals surface area contributed by atoms with E-state index in [1.807, 2.05) is 0 Å². The van der Waals surface area contributed by atoms with Crippen LogP contribution in [0.15, 0.2) is 10.9 Å². The number of hydrogen-bond donors (Lipinski definition) is 2. The van der Waals surface area contributed by atoms with Gasteiger partial charge in [-0.2, -0.15) is 0 Å². The number of nitrogens with one attached hydrogen (secondary N) is 2. The molecule has 5 nitrogen and oxygen atoms in total. The van der Waals surface area contributed by atoms with Crippen LogP contribution in [0.25, 0.3) is 0 Å². The maximum absolute atomic E-state index is 11.2. The van der Waals surface area contributed by atoms with E-state index in [-0.39, 0.29) is 5.56 Å². The Morgan fingerprint density at radius 2 is 2.41 bits per heavy atom. The highest BCUT2D eigenvalue weighted by molar-refractivity contribution is 5.07. The highest BCUT2D eigenvalue weighted by Crippen LogP contribution is 2.10. The normalized spacial score (nSPS) is 20.2. The Bertz CT molecular complexity index is 410. The molecular weight excluding hydrogens is 218 g/mol. The van der Waals surface area contributed by atoms with E-state index in [1.54, 1.807) is 6.92 Å². The summed E-state index contributed by atoms with van der Waals surface area (Å²) < 4.78 is 5.50. The predicted molar refractivity (Wildman–Crippen MR) is 65.3 cm³/mol. The van der Waals surface area contributed by atoms with Crippen molar-refractivity contribution in [2.24, 2.45) is 0 Å². The number of piperidine rings is 1. The first kappa shape index (κ1) is 12.1. The van der Waals surface area contributed by atoms with E-state index in [1.165, 1.54) is 25.3 Å². The lowest BCUT2D eigenvalue weighted by atomic mass is 10.0. The minimum atomic E-state index is -0.164. The van der Waals surface area contributed by atoms with Crippen LogP contribution in [0, 0.1) is 6.92 Å². The maximum Gasteiger partial charge on any atom is 0.254 e. The molecule has 2 heterocycles. The van der Waals surface area contributed by atoms with Gasteiger partial charge in [-0.1, -0.05) is 6.42 Å². The second kappa shape index (κ2) is 5.82. The molecule has 0 amide bonds. The Morgan fingerprint density at radius 3 is 3.12 bits per heavy atom. The van der Waals surface area contributed by atoms with Crippen LogP contribution in [-0.4, -0.2) is 29.2 Å². The lowest BCUT2D eigenvalue weighted by Gasteiger charge is -2.23. The summed E-state index contributed by atoms with van der Waals surface area (Å²) in [4.78, 5) is 17.9. The van der Waals surface area contributed by atoms with Crippen molar-refractivity contribution in [2.45, 2.75) is 38.6 Å². The zero-order valence-electron chi connectivity index (χ0n) is 10.2. The molecule has 1 aromatic rings. The summed E-state index contributed by atoms with van der Waals surface area (Å²) >= 11 is 0. The Hall–Kier alpha value is -1.36. The molecule has 1 saturated heterocycles. The number of H-pyrrole nitrogens is 1. The standard InChI is InChI=1S/C12H19N3O2/c1-9-14-11(16)8-12(15-9)17-7-5-10-4-2-3-6-13-10/h8,10,13H,2-7H2,1H3,(H,14,15,16). The van der Waals surface area contributed by atoms with Crippen molar-refractivity contribution in [1.82, 2.24) is 15.3 Å². The molecule has 1 atom stereocenters. The van der Waals surface area contributed by atoms with Gasteiger partial charge in [0.25, 0.3) is 5.56 Å². The molecule has 1 fully saturated rings. The van der Waals surface area contributed by atoms with Crippen LogP contribution < -0.4 is 15.6 Å². The Labute approximate surface area is 101 Å². The largest absolute Gasteiger partial charge is 0.477 e. The van der Waals surface area contributed by atoms with Gasteiger partial charge in [-0.25, -0.2) is 4.98 Å². The van der Waals surface area contributed by atoms with E-state index in [2.05, 4.69) is 15.3 Å². The number of ether oxygens (including phenoxy) is 1. The lowest BCUT2D eigenvalue weighted by Crippen LogP contribution is -2.35. The van der Waals surface area contributed by atoms with Crippen molar-refractivity contribution in [2.75, 3.05) is 13.2 Å². The van der Waals surface area contributed by atoms with Gasteiger partial charge < -0.3 is 15.0 Å². The van der Waals surface area contributed by atoms with Crippen molar-refractivity contribution < 1.29 is 4.74 Å². The highest BCUT2D eigenvalue weighted by atomic mass is 16.5. The average Bonchev–Trinajstić information content (AvgIpc) is 2.29. The fourth-order valence-electron chi connectivity index (χ4n) is 2.10. The quantitative estimate of drug-likeness (QED) is 0.819. The summed E-state index contributed by atoms with van der Waals surface area (Å²) in [6.45, 7) is 3.46. The number of nitrogens with zero attached hydrogens (tertiary/aromatic N) is 1.